The number of para-hydroxylation sites is 1. The number of esters is 1. The maximum absolute atomic E-state index is 12.6. The second-order valence-corrected chi connectivity index (χ2v) is 8.29. The number of aromatic nitrogens is 4. The zero-order valence-corrected chi connectivity index (χ0v) is 18.8. The van der Waals surface area contributed by atoms with Crippen LogP contribution in [0.1, 0.15) is 0 Å². The number of imidazole rings is 1. The van der Waals surface area contributed by atoms with Gasteiger partial charge in [-0.25, -0.2) is 9.78 Å². The van der Waals surface area contributed by atoms with Crippen LogP contribution in [0, 0.1) is 11.3 Å². The maximum atomic E-state index is 12.6. The first-order valence-electron chi connectivity index (χ1n) is 9.69. The van der Waals surface area contributed by atoms with Crippen LogP contribution in [0.25, 0.3) is 11.2 Å². The van der Waals surface area contributed by atoms with Crippen LogP contribution in [0.5, 0.6) is 0 Å². The first-order chi connectivity index (χ1) is 15.7. The van der Waals surface area contributed by atoms with Gasteiger partial charge in [0.25, 0.3) is 5.56 Å². The van der Waals surface area contributed by atoms with Gasteiger partial charge in [0.1, 0.15) is 23.2 Å². The summed E-state index contributed by atoms with van der Waals surface area (Å²) in [5.41, 5.74) is -0.193. The molecule has 0 N–H and O–H groups in total. The molecular weight excluding hydrogens is 448 g/mol. The lowest BCUT2D eigenvalue weighted by molar-refractivity contribution is -0.147. The Balaban J connectivity index is 1.50. The zero-order chi connectivity index (χ0) is 23.9. The summed E-state index contributed by atoms with van der Waals surface area (Å²) in [5.74, 6) is -1.43. The van der Waals surface area contributed by atoms with Crippen molar-refractivity contribution in [3.05, 3.63) is 62.0 Å². The molecule has 0 saturated carbocycles. The third kappa shape index (κ3) is 3.72. The molecule has 0 spiro atoms. The summed E-state index contributed by atoms with van der Waals surface area (Å²) < 4.78 is 8.44. The van der Waals surface area contributed by atoms with E-state index in [0.717, 1.165) is 15.1 Å². The van der Waals surface area contributed by atoms with Crippen molar-refractivity contribution in [2.24, 2.45) is 14.1 Å². The third-order valence-corrected chi connectivity index (χ3v) is 6.46. The van der Waals surface area contributed by atoms with Crippen LogP contribution in [0.2, 0.25) is 0 Å². The van der Waals surface area contributed by atoms with Crippen molar-refractivity contribution in [1.29, 1.82) is 5.26 Å². The van der Waals surface area contributed by atoms with Crippen LogP contribution in [-0.2, 0) is 35.0 Å². The molecule has 168 valence electrons. The number of anilines is 1. The number of benzene rings is 1. The molecule has 0 radical (unpaired) electrons. The number of hydrogen-bond donors (Lipinski definition) is 0. The van der Waals surface area contributed by atoms with Gasteiger partial charge in [-0.3, -0.25) is 23.5 Å². The quantitative estimate of drug-likeness (QED) is 0.300. The SMILES string of the molecule is CN1/C(=C(\C#N)C(=O)COC(=O)Cn2cnc3c2c(=O)n(C)c(=O)n3C)Sc2ccccc21. The number of fused-ring (bicyclic) bond motifs is 2. The van der Waals surface area contributed by atoms with Gasteiger partial charge in [0.2, 0.25) is 5.78 Å². The summed E-state index contributed by atoms with van der Waals surface area (Å²) >= 11 is 1.29. The summed E-state index contributed by atoms with van der Waals surface area (Å²) in [5, 5.41) is 10.0. The third-order valence-electron chi connectivity index (χ3n) is 5.22. The van der Waals surface area contributed by atoms with Crippen LogP contribution in [0.15, 0.2) is 55.7 Å². The van der Waals surface area contributed by atoms with Gasteiger partial charge in [0.15, 0.2) is 17.8 Å². The van der Waals surface area contributed by atoms with E-state index in [-0.39, 0.29) is 16.7 Å². The maximum Gasteiger partial charge on any atom is 0.332 e. The molecule has 2 aromatic heterocycles. The Morgan fingerprint density at radius 1 is 1.15 bits per heavy atom. The van der Waals surface area contributed by atoms with Gasteiger partial charge < -0.3 is 14.2 Å². The van der Waals surface area contributed by atoms with E-state index in [1.165, 1.54) is 41.3 Å². The number of carbonyl (C=O) groups excluding carboxylic acids is 2. The number of aryl methyl sites for hydroxylation is 1. The minimum atomic E-state index is -0.795. The lowest BCUT2D eigenvalue weighted by Gasteiger charge is -2.14. The second kappa shape index (κ2) is 8.44. The van der Waals surface area contributed by atoms with Gasteiger partial charge >= 0.3 is 11.7 Å². The van der Waals surface area contributed by atoms with Gasteiger partial charge in [0.05, 0.1) is 12.0 Å². The van der Waals surface area contributed by atoms with Gasteiger partial charge in [-0.15, -0.1) is 0 Å². The number of ketones is 1. The number of thioether (sulfide) groups is 1. The highest BCUT2D eigenvalue weighted by atomic mass is 32.2. The molecule has 1 aliphatic heterocycles. The topological polar surface area (TPSA) is 132 Å². The van der Waals surface area contributed by atoms with E-state index in [9.17, 15) is 24.4 Å². The molecule has 33 heavy (non-hydrogen) atoms. The molecule has 1 aliphatic rings. The van der Waals surface area contributed by atoms with E-state index in [1.807, 2.05) is 30.3 Å². The van der Waals surface area contributed by atoms with Crippen molar-refractivity contribution in [3.63, 3.8) is 0 Å². The summed E-state index contributed by atoms with van der Waals surface area (Å²) in [6.45, 7) is -1.02. The minimum Gasteiger partial charge on any atom is -0.456 e. The number of nitrogens with zero attached hydrogens (tertiary/aromatic N) is 6. The fraction of sp³-hybridized carbons (Fsp3) is 0.238. The molecule has 0 amide bonds. The number of hydrogen-bond acceptors (Lipinski definition) is 9. The lowest BCUT2D eigenvalue weighted by Crippen LogP contribution is -2.37. The molecule has 3 aromatic rings. The van der Waals surface area contributed by atoms with E-state index < -0.39 is 36.2 Å². The molecular formula is C21H18N6O5S. The second-order valence-electron chi connectivity index (χ2n) is 7.26. The average Bonchev–Trinajstić information content (AvgIpc) is 3.37. The number of rotatable bonds is 5. The van der Waals surface area contributed by atoms with Crippen molar-refractivity contribution in [3.8, 4) is 6.07 Å². The molecule has 11 nitrogen and oxygen atoms in total. The Kier molecular flexibility index (Phi) is 5.65. The van der Waals surface area contributed by atoms with Crippen LogP contribution in [0.3, 0.4) is 0 Å². The van der Waals surface area contributed by atoms with E-state index in [0.29, 0.717) is 5.03 Å². The predicted molar refractivity (Wildman–Crippen MR) is 120 cm³/mol. The van der Waals surface area contributed by atoms with Gasteiger partial charge in [0, 0.05) is 26.0 Å². The summed E-state index contributed by atoms with van der Waals surface area (Å²) in [4.78, 5) is 56.2. The highest BCUT2D eigenvalue weighted by Crippen LogP contribution is 2.46. The van der Waals surface area contributed by atoms with E-state index in [4.69, 9.17) is 4.74 Å². The molecule has 0 atom stereocenters. The number of ether oxygens (including phenoxy) is 1. The lowest BCUT2D eigenvalue weighted by atomic mass is 10.2. The van der Waals surface area contributed by atoms with E-state index in [2.05, 4.69) is 4.98 Å². The first kappa shape index (κ1) is 22.1. The standard InChI is InChI=1S/C21H18N6O5S/c1-24-13-6-4-5-7-15(13)33-20(24)12(8-22)14(28)10-32-16(29)9-27-11-23-18-17(27)19(30)26(3)21(31)25(18)2/h4-7,11H,9-10H2,1-3H3/b20-12-. The molecule has 0 fully saturated rings. The van der Waals surface area contributed by atoms with Crippen molar-refractivity contribution in [2.75, 3.05) is 18.6 Å². The number of nitriles is 1. The molecule has 0 bridgehead atoms. The Morgan fingerprint density at radius 3 is 2.58 bits per heavy atom. The van der Waals surface area contributed by atoms with Crippen molar-refractivity contribution >= 4 is 40.4 Å². The summed E-state index contributed by atoms with van der Waals surface area (Å²) in [7, 11) is 4.54. The van der Waals surface area contributed by atoms with E-state index >= 15 is 0 Å². The molecule has 3 heterocycles. The summed E-state index contributed by atoms with van der Waals surface area (Å²) in [6.07, 6.45) is 1.25. The Labute approximate surface area is 191 Å². The molecule has 12 heteroatoms. The normalized spacial score (nSPS) is 14.2. The smallest absolute Gasteiger partial charge is 0.332 e. The Bertz CT molecular complexity index is 1510. The number of carbonyl (C=O) groups is 2. The highest BCUT2D eigenvalue weighted by molar-refractivity contribution is 8.03. The molecule has 0 unspecified atom stereocenters. The van der Waals surface area contributed by atoms with Crippen molar-refractivity contribution < 1.29 is 14.3 Å². The fourth-order valence-corrected chi connectivity index (χ4v) is 4.63. The molecule has 0 saturated heterocycles. The van der Waals surface area contributed by atoms with Gasteiger partial charge in [-0.1, -0.05) is 23.9 Å². The zero-order valence-electron chi connectivity index (χ0n) is 17.9. The average molecular weight is 466 g/mol. The Hall–Kier alpha value is -4.11. The highest BCUT2D eigenvalue weighted by Gasteiger charge is 2.28. The Morgan fingerprint density at radius 2 is 1.88 bits per heavy atom. The monoisotopic (exact) mass is 466 g/mol. The van der Waals surface area contributed by atoms with Crippen LogP contribution in [0.4, 0.5) is 5.69 Å². The predicted octanol–water partition coefficient (Wildman–Crippen LogP) is 0.523. The van der Waals surface area contributed by atoms with E-state index in [1.54, 1.807) is 11.9 Å². The first-order valence-corrected chi connectivity index (χ1v) is 10.5. The van der Waals surface area contributed by atoms with Crippen LogP contribution >= 0.6 is 11.8 Å². The summed E-state index contributed by atoms with van der Waals surface area (Å²) in [6, 6.07) is 9.40. The minimum absolute atomic E-state index is 0.0597. The largest absolute Gasteiger partial charge is 0.456 e. The fourth-order valence-electron chi connectivity index (χ4n) is 3.47. The number of Topliss-reactive ketones (excluding diaryl/α,β-unsaturated/α-hetero) is 1. The van der Waals surface area contributed by atoms with Crippen LogP contribution < -0.4 is 16.1 Å². The van der Waals surface area contributed by atoms with Crippen molar-refractivity contribution in [2.45, 2.75) is 11.4 Å². The van der Waals surface area contributed by atoms with Gasteiger partial charge in [-0.2, -0.15) is 5.26 Å². The molecule has 0 aliphatic carbocycles. The molecule has 4 rings (SSSR count). The van der Waals surface area contributed by atoms with Crippen molar-refractivity contribution in [1.82, 2.24) is 18.7 Å². The van der Waals surface area contributed by atoms with Gasteiger partial charge in [-0.05, 0) is 12.1 Å². The van der Waals surface area contributed by atoms with Crippen LogP contribution in [-0.4, -0.2) is 44.1 Å². The molecule has 1 aromatic carbocycles.